The minimum absolute atomic E-state index is 0.152. The van der Waals surface area contributed by atoms with E-state index in [0.717, 1.165) is 73.0 Å². The lowest BCUT2D eigenvalue weighted by molar-refractivity contribution is 0.415. The highest BCUT2D eigenvalue weighted by Gasteiger charge is 2.34. The van der Waals surface area contributed by atoms with Crippen molar-refractivity contribution in [1.29, 1.82) is 5.26 Å². The molecule has 31 heavy (non-hydrogen) atoms. The Morgan fingerprint density at radius 2 is 1.87 bits per heavy atom. The topological polar surface area (TPSA) is 78.2 Å². The third-order valence-corrected chi connectivity index (χ3v) is 6.54. The van der Waals surface area contributed by atoms with Crippen LogP contribution < -0.4 is 14.5 Å². The monoisotopic (exact) mass is 434 g/mol. The predicted molar refractivity (Wildman–Crippen MR) is 121 cm³/mol. The molecular weight excluding hydrogens is 412 g/mol. The van der Waals surface area contributed by atoms with E-state index in [1.807, 2.05) is 24.3 Å². The normalized spacial score (nSPS) is 17.5. The zero-order valence-electron chi connectivity index (χ0n) is 17.3. The molecule has 158 valence electrons. The van der Waals surface area contributed by atoms with Crippen LogP contribution in [0.3, 0.4) is 0 Å². The third kappa shape index (κ3) is 3.72. The molecule has 2 aromatic heterocycles. The van der Waals surface area contributed by atoms with E-state index >= 15 is 0 Å². The summed E-state index contributed by atoms with van der Waals surface area (Å²) in [5.74, 6) is 3.05. The van der Waals surface area contributed by atoms with Crippen LogP contribution >= 0.6 is 11.6 Å². The van der Waals surface area contributed by atoms with Gasteiger partial charge in [-0.25, -0.2) is 9.97 Å². The average Bonchev–Trinajstić information content (AvgIpc) is 2.78. The van der Waals surface area contributed by atoms with Crippen molar-refractivity contribution in [1.82, 2.24) is 15.0 Å². The van der Waals surface area contributed by atoms with Crippen molar-refractivity contribution < 1.29 is 4.74 Å². The summed E-state index contributed by atoms with van der Waals surface area (Å²) < 4.78 is 5.29. The van der Waals surface area contributed by atoms with E-state index in [-0.39, 0.29) is 5.92 Å². The number of ether oxygens (including phenoxy) is 1. The van der Waals surface area contributed by atoms with Crippen molar-refractivity contribution in [3.05, 3.63) is 47.4 Å². The Morgan fingerprint density at radius 3 is 2.61 bits per heavy atom. The third-order valence-electron chi connectivity index (χ3n) is 6.23. The molecule has 0 N–H and O–H groups in total. The van der Waals surface area contributed by atoms with Gasteiger partial charge in [0.25, 0.3) is 0 Å². The van der Waals surface area contributed by atoms with E-state index in [2.05, 4.69) is 25.8 Å². The molecule has 5 rings (SSSR count). The fourth-order valence-electron chi connectivity index (χ4n) is 4.37. The molecule has 0 amide bonds. The van der Waals surface area contributed by atoms with Crippen molar-refractivity contribution in [2.45, 2.75) is 18.8 Å². The summed E-state index contributed by atoms with van der Waals surface area (Å²) in [5, 5.41) is 10.7. The van der Waals surface area contributed by atoms with Crippen LogP contribution in [0, 0.1) is 17.2 Å². The number of nitrogens with zero attached hydrogens (tertiary/aromatic N) is 6. The summed E-state index contributed by atoms with van der Waals surface area (Å²) in [7, 11) is 1.64. The first-order valence-electron chi connectivity index (χ1n) is 10.5. The van der Waals surface area contributed by atoms with Crippen LogP contribution in [0.2, 0.25) is 5.02 Å². The number of nitriles is 1. The summed E-state index contributed by atoms with van der Waals surface area (Å²) in [5.41, 5.74) is 1.89. The van der Waals surface area contributed by atoms with Gasteiger partial charge in [-0.1, -0.05) is 11.6 Å². The van der Waals surface area contributed by atoms with Crippen molar-refractivity contribution >= 4 is 34.1 Å². The molecule has 0 spiro atoms. The number of halogens is 1. The number of pyridine rings is 1. The molecule has 4 heterocycles. The highest BCUT2D eigenvalue weighted by Crippen LogP contribution is 2.37. The van der Waals surface area contributed by atoms with Crippen molar-refractivity contribution in [3.8, 4) is 11.8 Å². The van der Waals surface area contributed by atoms with Crippen molar-refractivity contribution in [3.63, 3.8) is 0 Å². The molecule has 0 bridgehead atoms. The van der Waals surface area contributed by atoms with Gasteiger partial charge in [0.15, 0.2) is 5.82 Å². The fourth-order valence-corrected chi connectivity index (χ4v) is 4.62. The first-order chi connectivity index (χ1) is 15.2. The zero-order valence-corrected chi connectivity index (χ0v) is 18.1. The molecule has 8 heteroatoms. The van der Waals surface area contributed by atoms with Gasteiger partial charge in [-0.15, -0.1) is 0 Å². The van der Waals surface area contributed by atoms with E-state index in [0.29, 0.717) is 10.9 Å². The van der Waals surface area contributed by atoms with Crippen molar-refractivity contribution in [2.75, 3.05) is 43.1 Å². The SMILES string of the molecule is COc1ccc2nc(N3CC(c4nccnc4N4CCC(C#N)CC4)C3)cc(Cl)c2c1. The Kier molecular flexibility index (Phi) is 5.24. The van der Waals surface area contributed by atoms with Crippen LogP contribution in [-0.4, -0.2) is 48.2 Å². The number of hydrogen-bond donors (Lipinski definition) is 0. The number of hydrogen-bond acceptors (Lipinski definition) is 7. The molecule has 0 saturated carbocycles. The molecule has 3 aromatic rings. The smallest absolute Gasteiger partial charge is 0.150 e. The van der Waals surface area contributed by atoms with Gasteiger partial charge in [0, 0.05) is 55.8 Å². The van der Waals surface area contributed by atoms with Gasteiger partial charge in [0.05, 0.1) is 29.4 Å². The number of piperidine rings is 1. The molecule has 0 aliphatic carbocycles. The lowest BCUT2D eigenvalue weighted by Crippen LogP contribution is -2.47. The number of rotatable bonds is 4. The molecule has 1 aromatic carbocycles. The van der Waals surface area contributed by atoms with Crippen LogP contribution in [0.5, 0.6) is 5.75 Å². The van der Waals surface area contributed by atoms with Gasteiger partial charge in [0.1, 0.15) is 11.6 Å². The second-order valence-corrected chi connectivity index (χ2v) is 8.51. The molecule has 7 nitrogen and oxygen atoms in total. The summed E-state index contributed by atoms with van der Waals surface area (Å²) >= 11 is 6.55. The molecule has 0 radical (unpaired) electrons. The highest BCUT2D eigenvalue weighted by molar-refractivity contribution is 6.35. The number of anilines is 2. The van der Waals surface area contributed by atoms with Crippen LogP contribution in [-0.2, 0) is 0 Å². The minimum Gasteiger partial charge on any atom is -0.497 e. The van der Waals surface area contributed by atoms with Gasteiger partial charge in [-0.3, -0.25) is 4.98 Å². The van der Waals surface area contributed by atoms with Gasteiger partial charge in [-0.2, -0.15) is 5.26 Å². The molecule has 2 fully saturated rings. The van der Waals surface area contributed by atoms with E-state index in [1.165, 1.54) is 0 Å². The standard InChI is InChI=1S/C23H23ClN6O/c1-31-17-2-3-20-18(10-17)19(24)11-21(28-20)30-13-16(14-30)22-23(27-7-6-26-22)29-8-4-15(12-25)5-9-29/h2-3,6-7,10-11,15-16H,4-5,8-9,13-14H2,1H3. The quantitative estimate of drug-likeness (QED) is 0.613. The van der Waals surface area contributed by atoms with E-state index in [9.17, 15) is 0 Å². The van der Waals surface area contributed by atoms with Crippen LogP contribution in [0.1, 0.15) is 24.5 Å². The molecular formula is C23H23ClN6O. The summed E-state index contributed by atoms with van der Waals surface area (Å²) in [6, 6.07) is 10.1. The Morgan fingerprint density at radius 1 is 1.10 bits per heavy atom. The molecule has 2 aliphatic heterocycles. The Balaban J connectivity index is 1.33. The van der Waals surface area contributed by atoms with Crippen LogP contribution in [0.4, 0.5) is 11.6 Å². The second-order valence-electron chi connectivity index (χ2n) is 8.10. The molecule has 0 atom stereocenters. The number of aromatic nitrogens is 3. The second kappa shape index (κ2) is 8.20. The van der Waals surface area contributed by atoms with Gasteiger partial charge < -0.3 is 14.5 Å². The summed E-state index contributed by atoms with van der Waals surface area (Å²) in [6.45, 7) is 3.36. The Bertz CT molecular complexity index is 1150. The van der Waals surface area contributed by atoms with Gasteiger partial charge in [-0.05, 0) is 37.1 Å². The maximum Gasteiger partial charge on any atom is 0.150 e. The van der Waals surface area contributed by atoms with Crippen LogP contribution in [0.15, 0.2) is 36.7 Å². The largest absolute Gasteiger partial charge is 0.497 e. The van der Waals surface area contributed by atoms with E-state index < -0.39 is 0 Å². The lowest BCUT2D eigenvalue weighted by Gasteiger charge is -2.41. The first-order valence-corrected chi connectivity index (χ1v) is 10.9. The van der Waals surface area contributed by atoms with Crippen molar-refractivity contribution in [2.24, 2.45) is 5.92 Å². The lowest BCUT2D eigenvalue weighted by atomic mass is 9.94. The van der Waals surface area contributed by atoms with Gasteiger partial charge >= 0.3 is 0 Å². The fraction of sp³-hybridized carbons (Fsp3) is 0.391. The maximum absolute atomic E-state index is 9.16. The summed E-state index contributed by atoms with van der Waals surface area (Å²) in [6.07, 6.45) is 5.29. The Labute approximate surface area is 186 Å². The number of methoxy groups -OCH3 is 1. The maximum atomic E-state index is 9.16. The highest BCUT2D eigenvalue weighted by atomic mass is 35.5. The van der Waals surface area contributed by atoms with E-state index in [4.69, 9.17) is 26.6 Å². The number of benzene rings is 1. The van der Waals surface area contributed by atoms with Gasteiger partial charge in [0.2, 0.25) is 0 Å². The Hall–Kier alpha value is -3.11. The predicted octanol–water partition coefficient (Wildman–Crippen LogP) is 4.03. The summed E-state index contributed by atoms with van der Waals surface area (Å²) in [4.78, 5) is 18.6. The molecule has 0 unspecified atom stereocenters. The first kappa shape index (κ1) is 19.8. The van der Waals surface area contributed by atoms with E-state index in [1.54, 1.807) is 19.5 Å². The minimum atomic E-state index is 0.152. The van der Waals surface area contributed by atoms with Crippen LogP contribution in [0.25, 0.3) is 10.9 Å². The number of fused-ring (bicyclic) bond motifs is 1. The molecule has 2 aliphatic rings. The average molecular weight is 435 g/mol. The zero-order chi connectivity index (χ0) is 21.4. The molecule has 2 saturated heterocycles.